The molecule has 0 N–H and O–H groups in total. The van der Waals surface area contributed by atoms with Crippen molar-refractivity contribution in [3.8, 4) is 5.75 Å². The van der Waals surface area contributed by atoms with Crippen molar-refractivity contribution in [2.45, 2.75) is 25.7 Å². The van der Waals surface area contributed by atoms with E-state index in [1.807, 2.05) is 0 Å². The number of hydrogen-bond donors (Lipinski definition) is 0. The van der Waals surface area contributed by atoms with Gasteiger partial charge in [-0.1, -0.05) is 19.1 Å². The highest BCUT2D eigenvalue weighted by molar-refractivity contribution is 5.29. The summed E-state index contributed by atoms with van der Waals surface area (Å²) in [6.07, 6.45) is 2.60. The molecule has 0 saturated carbocycles. The standard InChI is InChI=1S/C17H27NO2/c1-14(16-6-8-17(20-3)9-7-16)11-18-10-4-5-15(12-18)13-19-2/h6-9,14-15H,4-5,10-13H2,1-3H3/t14-,15+/m1/s1. The van der Waals surface area contributed by atoms with Crippen molar-refractivity contribution in [2.75, 3.05) is 40.5 Å². The number of likely N-dealkylation sites (tertiary alicyclic amines) is 1. The first kappa shape index (κ1) is 15.3. The van der Waals surface area contributed by atoms with Crippen molar-refractivity contribution >= 4 is 0 Å². The first-order chi connectivity index (χ1) is 9.72. The molecule has 0 radical (unpaired) electrons. The molecular weight excluding hydrogens is 250 g/mol. The van der Waals surface area contributed by atoms with Crippen LogP contribution in [0.2, 0.25) is 0 Å². The molecule has 2 rings (SSSR count). The Bertz CT molecular complexity index is 388. The summed E-state index contributed by atoms with van der Waals surface area (Å²) in [5.74, 6) is 2.19. The average Bonchev–Trinajstić information content (AvgIpc) is 2.48. The number of ether oxygens (including phenoxy) is 2. The summed E-state index contributed by atoms with van der Waals surface area (Å²) in [6, 6.07) is 8.46. The lowest BCUT2D eigenvalue weighted by molar-refractivity contribution is 0.0883. The molecule has 1 aromatic carbocycles. The summed E-state index contributed by atoms with van der Waals surface area (Å²) in [6.45, 7) is 6.73. The summed E-state index contributed by atoms with van der Waals surface area (Å²) in [4.78, 5) is 2.59. The van der Waals surface area contributed by atoms with Crippen LogP contribution >= 0.6 is 0 Å². The molecule has 2 atom stereocenters. The lowest BCUT2D eigenvalue weighted by Gasteiger charge is -2.34. The lowest BCUT2D eigenvalue weighted by Crippen LogP contribution is -2.39. The van der Waals surface area contributed by atoms with Gasteiger partial charge in [-0.25, -0.2) is 0 Å². The minimum atomic E-state index is 0.558. The monoisotopic (exact) mass is 277 g/mol. The highest BCUT2D eigenvalue weighted by Crippen LogP contribution is 2.23. The van der Waals surface area contributed by atoms with Crippen molar-refractivity contribution in [3.05, 3.63) is 29.8 Å². The number of rotatable bonds is 6. The summed E-state index contributed by atoms with van der Waals surface area (Å²) in [7, 11) is 3.51. The Labute approximate surface area is 122 Å². The smallest absolute Gasteiger partial charge is 0.118 e. The number of nitrogens with zero attached hydrogens (tertiary/aromatic N) is 1. The van der Waals surface area contributed by atoms with Gasteiger partial charge in [-0.15, -0.1) is 0 Å². The van der Waals surface area contributed by atoms with Gasteiger partial charge in [0.15, 0.2) is 0 Å². The molecule has 0 aliphatic carbocycles. The molecule has 1 fully saturated rings. The van der Waals surface area contributed by atoms with Crippen LogP contribution in [0, 0.1) is 5.92 Å². The third-order valence-corrected chi connectivity index (χ3v) is 4.22. The summed E-state index contributed by atoms with van der Waals surface area (Å²) >= 11 is 0. The Morgan fingerprint density at radius 2 is 2.00 bits per heavy atom. The van der Waals surface area contributed by atoms with Gasteiger partial charge in [-0.05, 0) is 48.9 Å². The zero-order valence-corrected chi connectivity index (χ0v) is 13.0. The van der Waals surface area contributed by atoms with E-state index in [2.05, 4.69) is 36.1 Å². The highest BCUT2D eigenvalue weighted by Gasteiger charge is 2.21. The molecule has 1 heterocycles. The number of piperidine rings is 1. The minimum absolute atomic E-state index is 0.558. The van der Waals surface area contributed by atoms with E-state index < -0.39 is 0 Å². The van der Waals surface area contributed by atoms with E-state index in [-0.39, 0.29) is 0 Å². The summed E-state index contributed by atoms with van der Waals surface area (Å²) in [5, 5.41) is 0. The Hall–Kier alpha value is -1.06. The van der Waals surface area contributed by atoms with Gasteiger partial charge in [-0.3, -0.25) is 0 Å². The molecular formula is C17H27NO2. The fourth-order valence-corrected chi connectivity index (χ4v) is 3.11. The van der Waals surface area contributed by atoms with Crippen molar-refractivity contribution in [1.29, 1.82) is 0 Å². The van der Waals surface area contributed by atoms with Crippen LogP contribution in [0.4, 0.5) is 0 Å². The fraction of sp³-hybridized carbons (Fsp3) is 0.647. The predicted octanol–water partition coefficient (Wildman–Crippen LogP) is 3.16. The molecule has 1 aliphatic heterocycles. The van der Waals surface area contributed by atoms with Gasteiger partial charge in [0.25, 0.3) is 0 Å². The maximum atomic E-state index is 5.30. The van der Waals surface area contributed by atoms with Crippen molar-refractivity contribution < 1.29 is 9.47 Å². The van der Waals surface area contributed by atoms with E-state index in [0.717, 1.165) is 18.9 Å². The van der Waals surface area contributed by atoms with Crippen LogP contribution < -0.4 is 4.74 Å². The van der Waals surface area contributed by atoms with Crippen LogP contribution in [0.5, 0.6) is 5.75 Å². The van der Waals surface area contributed by atoms with Gasteiger partial charge < -0.3 is 14.4 Å². The molecule has 20 heavy (non-hydrogen) atoms. The molecule has 3 heteroatoms. The van der Waals surface area contributed by atoms with Gasteiger partial charge in [0.05, 0.1) is 13.7 Å². The van der Waals surface area contributed by atoms with E-state index in [1.165, 1.54) is 31.5 Å². The molecule has 0 amide bonds. The minimum Gasteiger partial charge on any atom is -0.497 e. The van der Waals surface area contributed by atoms with Crippen molar-refractivity contribution in [1.82, 2.24) is 4.90 Å². The van der Waals surface area contributed by atoms with Gasteiger partial charge in [0.1, 0.15) is 5.75 Å². The van der Waals surface area contributed by atoms with Crippen molar-refractivity contribution in [2.24, 2.45) is 5.92 Å². The highest BCUT2D eigenvalue weighted by atomic mass is 16.5. The van der Waals surface area contributed by atoms with Crippen LogP contribution in [-0.4, -0.2) is 45.4 Å². The van der Waals surface area contributed by atoms with E-state index >= 15 is 0 Å². The molecule has 1 aromatic rings. The van der Waals surface area contributed by atoms with E-state index in [4.69, 9.17) is 9.47 Å². The Balaban J connectivity index is 1.87. The Kier molecular flexibility index (Phi) is 5.86. The third-order valence-electron chi connectivity index (χ3n) is 4.22. The number of methoxy groups -OCH3 is 2. The quantitative estimate of drug-likeness (QED) is 0.797. The number of hydrogen-bond acceptors (Lipinski definition) is 3. The van der Waals surface area contributed by atoms with Crippen LogP contribution in [0.25, 0.3) is 0 Å². The zero-order chi connectivity index (χ0) is 14.4. The van der Waals surface area contributed by atoms with Crippen LogP contribution in [0.15, 0.2) is 24.3 Å². The summed E-state index contributed by atoms with van der Waals surface area (Å²) in [5.41, 5.74) is 1.39. The molecule has 0 bridgehead atoms. The molecule has 1 aliphatic rings. The largest absolute Gasteiger partial charge is 0.497 e. The van der Waals surface area contributed by atoms with E-state index in [9.17, 15) is 0 Å². The van der Waals surface area contributed by atoms with Crippen LogP contribution in [-0.2, 0) is 4.74 Å². The maximum absolute atomic E-state index is 5.30. The van der Waals surface area contributed by atoms with E-state index in [0.29, 0.717) is 11.8 Å². The second kappa shape index (κ2) is 7.65. The summed E-state index contributed by atoms with van der Waals surface area (Å²) < 4.78 is 10.5. The third kappa shape index (κ3) is 4.22. The molecule has 112 valence electrons. The number of benzene rings is 1. The van der Waals surface area contributed by atoms with Crippen LogP contribution in [0.3, 0.4) is 0 Å². The van der Waals surface area contributed by atoms with Crippen molar-refractivity contribution in [3.63, 3.8) is 0 Å². The topological polar surface area (TPSA) is 21.7 Å². The lowest BCUT2D eigenvalue weighted by atomic mass is 9.95. The molecule has 0 unspecified atom stereocenters. The van der Waals surface area contributed by atoms with Gasteiger partial charge >= 0.3 is 0 Å². The maximum Gasteiger partial charge on any atom is 0.118 e. The second-order valence-electron chi connectivity index (χ2n) is 5.90. The average molecular weight is 277 g/mol. The fourth-order valence-electron chi connectivity index (χ4n) is 3.11. The first-order valence-corrected chi connectivity index (χ1v) is 7.58. The normalized spacial score (nSPS) is 21.6. The predicted molar refractivity (Wildman–Crippen MR) is 82.4 cm³/mol. The SMILES string of the molecule is COC[C@H]1CCCN(C[C@@H](C)c2ccc(OC)cc2)C1. The van der Waals surface area contributed by atoms with Crippen LogP contribution in [0.1, 0.15) is 31.2 Å². The van der Waals surface area contributed by atoms with Gasteiger partial charge in [-0.2, -0.15) is 0 Å². The molecule has 0 aromatic heterocycles. The Morgan fingerprint density at radius 1 is 1.25 bits per heavy atom. The zero-order valence-electron chi connectivity index (χ0n) is 13.0. The van der Waals surface area contributed by atoms with E-state index in [1.54, 1.807) is 14.2 Å². The second-order valence-corrected chi connectivity index (χ2v) is 5.90. The first-order valence-electron chi connectivity index (χ1n) is 7.58. The molecule has 3 nitrogen and oxygen atoms in total. The Morgan fingerprint density at radius 3 is 2.65 bits per heavy atom. The van der Waals surface area contributed by atoms with Gasteiger partial charge in [0.2, 0.25) is 0 Å². The molecule has 1 saturated heterocycles. The molecule has 0 spiro atoms. The van der Waals surface area contributed by atoms with Gasteiger partial charge in [0, 0.05) is 20.2 Å².